The van der Waals surface area contributed by atoms with Crippen molar-refractivity contribution in [2.75, 3.05) is 26.2 Å². The number of hydrogen-bond acceptors (Lipinski definition) is 3. The molecule has 0 saturated carbocycles. The molecule has 22 heavy (non-hydrogen) atoms. The fourth-order valence-electron chi connectivity index (χ4n) is 2.36. The van der Waals surface area contributed by atoms with Crippen molar-refractivity contribution >= 4 is 24.0 Å². The Morgan fingerprint density at radius 1 is 1.32 bits per heavy atom. The summed E-state index contributed by atoms with van der Waals surface area (Å²) < 4.78 is 40.5. The monoisotopic (exact) mass is 356 g/mol. The van der Waals surface area contributed by atoms with Crippen LogP contribution < -0.4 is 10.1 Å². The van der Waals surface area contributed by atoms with Gasteiger partial charge in [-0.15, -0.1) is 32.2 Å². The summed E-state index contributed by atoms with van der Waals surface area (Å²) in [6.07, 6.45) is -2.98. The highest BCUT2D eigenvalue weighted by Gasteiger charge is 2.32. The van der Waals surface area contributed by atoms with Crippen LogP contribution in [0.15, 0.2) is 30.9 Å². The van der Waals surface area contributed by atoms with Gasteiger partial charge in [0.1, 0.15) is 5.75 Å². The first kappa shape index (κ1) is 19.1. The maximum atomic E-state index is 12.2. The maximum Gasteiger partial charge on any atom is 0.573 e. The SMILES string of the molecule is C=C[C@H](c1ccc(OC(F)(F)F)c(Cl)c1)N1CCNCC1.Cl. The second kappa shape index (κ2) is 8.06. The number of halogens is 5. The number of nitrogens with zero attached hydrogens (tertiary/aromatic N) is 1. The lowest BCUT2D eigenvalue weighted by atomic mass is 10.0. The number of piperazine rings is 1. The van der Waals surface area contributed by atoms with E-state index in [1.54, 1.807) is 12.1 Å². The molecule has 1 aromatic rings. The van der Waals surface area contributed by atoms with Gasteiger partial charge in [0.2, 0.25) is 0 Å². The van der Waals surface area contributed by atoms with Gasteiger partial charge in [-0.3, -0.25) is 4.90 Å². The lowest BCUT2D eigenvalue weighted by Crippen LogP contribution is -2.44. The zero-order valence-electron chi connectivity index (χ0n) is 11.7. The van der Waals surface area contributed by atoms with Crippen LogP contribution in [-0.2, 0) is 0 Å². The van der Waals surface area contributed by atoms with E-state index in [2.05, 4.69) is 21.5 Å². The average Bonchev–Trinajstić information content (AvgIpc) is 2.42. The molecule has 0 aromatic heterocycles. The topological polar surface area (TPSA) is 24.5 Å². The molecule has 1 aliphatic heterocycles. The molecule has 1 atom stereocenters. The van der Waals surface area contributed by atoms with Gasteiger partial charge in [0.15, 0.2) is 0 Å². The standard InChI is InChI=1S/C14H16ClF3N2O.ClH/c1-2-12(20-7-5-19-6-8-20)10-3-4-13(11(15)9-10)21-14(16,17)18;/h2-4,9,12,19H,1,5-8H2;1H/t12-;/m1./s1. The Hall–Kier alpha value is -0.950. The van der Waals surface area contributed by atoms with Crippen LogP contribution in [0.2, 0.25) is 5.02 Å². The summed E-state index contributed by atoms with van der Waals surface area (Å²) in [5, 5.41) is 3.18. The minimum absolute atomic E-state index is 0. The minimum Gasteiger partial charge on any atom is -0.404 e. The Morgan fingerprint density at radius 3 is 2.45 bits per heavy atom. The Balaban J connectivity index is 0.00000242. The third-order valence-corrected chi connectivity index (χ3v) is 3.59. The first-order valence-electron chi connectivity index (χ1n) is 6.53. The average molecular weight is 357 g/mol. The number of alkyl halides is 3. The fraction of sp³-hybridized carbons (Fsp3) is 0.429. The van der Waals surface area contributed by atoms with Crippen LogP contribution in [-0.4, -0.2) is 37.4 Å². The van der Waals surface area contributed by atoms with E-state index in [-0.39, 0.29) is 23.5 Å². The van der Waals surface area contributed by atoms with Gasteiger partial charge in [-0.05, 0) is 17.7 Å². The molecule has 0 radical (unpaired) electrons. The lowest BCUT2D eigenvalue weighted by Gasteiger charge is -2.33. The minimum atomic E-state index is -4.75. The molecule has 1 N–H and O–H groups in total. The molecule has 0 spiro atoms. The predicted molar refractivity (Wildman–Crippen MR) is 82.8 cm³/mol. The maximum absolute atomic E-state index is 12.2. The highest BCUT2D eigenvalue weighted by atomic mass is 35.5. The molecule has 0 amide bonds. The van der Waals surface area contributed by atoms with E-state index in [1.807, 2.05) is 0 Å². The second-order valence-electron chi connectivity index (χ2n) is 4.70. The van der Waals surface area contributed by atoms with Gasteiger partial charge >= 0.3 is 6.36 Å². The molecule has 0 aliphatic carbocycles. The first-order valence-corrected chi connectivity index (χ1v) is 6.91. The molecule has 8 heteroatoms. The van der Waals surface area contributed by atoms with E-state index in [0.717, 1.165) is 31.7 Å². The molecule has 1 aliphatic rings. The number of nitrogens with one attached hydrogen (secondary N) is 1. The lowest BCUT2D eigenvalue weighted by molar-refractivity contribution is -0.274. The summed E-state index contributed by atoms with van der Waals surface area (Å²) in [6.45, 7) is 7.23. The summed E-state index contributed by atoms with van der Waals surface area (Å²) in [5.41, 5.74) is 0.798. The predicted octanol–water partition coefficient (Wildman–Crippen LogP) is 3.79. The molecule has 0 bridgehead atoms. The van der Waals surface area contributed by atoms with Gasteiger partial charge in [-0.25, -0.2) is 0 Å². The molecule has 1 aromatic carbocycles. The Labute approximate surface area is 138 Å². The number of benzene rings is 1. The molecule has 124 valence electrons. The van der Waals surface area contributed by atoms with Gasteiger partial charge in [0.25, 0.3) is 0 Å². The number of hydrogen-bond donors (Lipinski definition) is 1. The number of rotatable bonds is 4. The second-order valence-corrected chi connectivity index (χ2v) is 5.11. The quantitative estimate of drug-likeness (QED) is 0.830. The van der Waals surface area contributed by atoms with Crippen LogP contribution in [0.4, 0.5) is 13.2 Å². The Bertz CT molecular complexity index is 505. The molecule has 1 fully saturated rings. The van der Waals surface area contributed by atoms with Crippen molar-refractivity contribution in [2.24, 2.45) is 0 Å². The van der Waals surface area contributed by atoms with Crippen molar-refractivity contribution in [1.29, 1.82) is 0 Å². The van der Waals surface area contributed by atoms with Crippen molar-refractivity contribution in [2.45, 2.75) is 12.4 Å². The summed E-state index contributed by atoms with van der Waals surface area (Å²) in [6, 6.07) is 4.24. The number of ether oxygens (including phenoxy) is 1. The third kappa shape index (κ3) is 5.05. The molecule has 3 nitrogen and oxygen atoms in total. The molecular weight excluding hydrogens is 340 g/mol. The van der Waals surface area contributed by atoms with E-state index in [4.69, 9.17) is 11.6 Å². The van der Waals surface area contributed by atoms with Gasteiger partial charge in [0, 0.05) is 26.2 Å². The zero-order chi connectivity index (χ0) is 15.5. The van der Waals surface area contributed by atoms with E-state index in [0.29, 0.717) is 0 Å². The van der Waals surface area contributed by atoms with Gasteiger partial charge in [-0.1, -0.05) is 23.7 Å². The highest BCUT2D eigenvalue weighted by Crippen LogP contribution is 2.33. The molecule has 1 saturated heterocycles. The zero-order valence-corrected chi connectivity index (χ0v) is 13.3. The van der Waals surface area contributed by atoms with E-state index in [1.165, 1.54) is 12.1 Å². The van der Waals surface area contributed by atoms with Crippen LogP contribution in [0.25, 0.3) is 0 Å². The molecule has 1 heterocycles. The molecular formula is C14H17Cl2F3N2O. The first-order chi connectivity index (χ1) is 9.90. The summed E-state index contributed by atoms with van der Waals surface area (Å²) in [7, 11) is 0. The smallest absolute Gasteiger partial charge is 0.404 e. The van der Waals surface area contributed by atoms with Crippen LogP contribution in [0.1, 0.15) is 11.6 Å². The normalized spacial score (nSPS) is 17.5. The van der Waals surface area contributed by atoms with Gasteiger partial charge < -0.3 is 10.1 Å². The van der Waals surface area contributed by atoms with Crippen molar-refractivity contribution in [1.82, 2.24) is 10.2 Å². The van der Waals surface area contributed by atoms with E-state index in [9.17, 15) is 13.2 Å². The fourth-order valence-corrected chi connectivity index (χ4v) is 2.59. The Kier molecular flexibility index (Phi) is 6.99. The van der Waals surface area contributed by atoms with E-state index >= 15 is 0 Å². The highest BCUT2D eigenvalue weighted by molar-refractivity contribution is 6.32. The Morgan fingerprint density at radius 2 is 1.95 bits per heavy atom. The van der Waals surface area contributed by atoms with E-state index < -0.39 is 12.1 Å². The summed E-state index contributed by atoms with van der Waals surface area (Å²) >= 11 is 5.89. The van der Waals surface area contributed by atoms with Crippen LogP contribution in [0, 0.1) is 0 Å². The largest absolute Gasteiger partial charge is 0.573 e. The van der Waals surface area contributed by atoms with Crippen LogP contribution in [0.3, 0.4) is 0 Å². The summed E-state index contributed by atoms with van der Waals surface area (Å²) in [4.78, 5) is 2.19. The van der Waals surface area contributed by atoms with Gasteiger partial charge in [0.05, 0.1) is 11.1 Å². The van der Waals surface area contributed by atoms with Crippen molar-refractivity contribution in [3.05, 3.63) is 41.4 Å². The third-order valence-electron chi connectivity index (χ3n) is 3.29. The van der Waals surface area contributed by atoms with Crippen LogP contribution in [0.5, 0.6) is 5.75 Å². The van der Waals surface area contributed by atoms with Crippen molar-refractivity contribution in [3.63, 3.8) is 0 Å². The van der Waals surface area contributed by atoms with Crippen molar-refractivity contribution in [3.8, 4) is 5.75 Å². The molecule has 2 rings (SSSR count). The van der Waals surface area contributed by atoms with Crippen molar-refractivity contribution < 1.29 is 17.9 Å². The van der Waals surface area contributed by atoms with Crippen LogP contribution >= 0.6 is 24.0 Å². The summed E-state index contributed by atoms with van der Waals surface area (Å²) in [5.74, 6) is -0.393. The van der Waals surface area contributed by atoms with Gasteiger partial charge in [-0.2, -0.15) is 0 Å². The molecule has 0 unspecified atom stereocenters.